The number of aromatic nitrogens is 2. The lowest BCUT2D eigenvalue weighted by Gasteiger charge is -2.14. The summed E-state index contributed by atoms with van der Waals surface area (Å²) in [6, 6.07) is 20.6. The number of nitrogens with zero attached hydrogens (tertiary/aromatic N) is 2. The molecule has 2 heterocycles. The van der Waals surface area contributed by atoms with E-state index >= 15 is 0 Å². The predicted molar refractivity (Wildman–Crippen MR) is 138 cm³/mol. The normalized spacial score (nSPS) is 15.2. The van der Waals surface area contributed by atoms with Crippen LogP contribution in [0.5, 0.6) is 0 Å². The van der Waals surface area contributed by atoms with Gasteiger partial charge in [-0.3, -0.25) is 0 Å². The summed E-state index contributed by atoms with van der Waals surface area (Å²) in [6.45, 7) is 0. The molecule has 0 amide bonds. The van der Waals surface area contributed by atoms with E-state index in [1.165, 1.54) is 25.7 Å². The molecule has 6 heteroatoms. The molecule has 1 fully saturated rings. The SMILES string of the molecule is CN(C)c1ccc(C(=CC2CCCC2)c2cc3c(S(=O)(=O)c4ccccc4)ccnc3[nH]2)cc1. The number of allylic oxidation sites excluding steroid dienone is 1. The summed E-state index contributed by atoms with van der Waals surface area (Å²) in [6.07, 6.45) is 8.79. The van der Waals surface area contributed by atoms with Crippen molar-refractivity contribution in [3.63, 3.8) is 0 Å². The van der Waals surface area contributed by atoms with Crippen molar-refractivity contribution in [2.45, 2.75) is 35.5 Å². The quantitative estimate of drug-likeness (QED) is 0.370. The van der Waals surface area contributed by atoms with E-state index in [9.17, 15) is 8.42 Å². The van der Waals surface area contributed by atoms with Crippen LogP contribution >= 0.6 is 0 Å². The largest absolute Gasteiger partial charge is 0.378 e. The maximum atomic E-state index is 13.4. The van der Waals surface area contributed by atoms with Crippen molar-refractivity contribution in [1.29, 1.82) is 0 Å². The molecule has 0 unspecified atom stereocenters. The van der Waals surface area contributed by atoms with Crippen molar-refractivity contribution in [2.75, 3.05) is 19.0 Å². The number of H-pyrrole nitrogens is 1. The summed E-state index contributed by atoms with van der Waals surface area (Å²) in [4.78, 5) is 10.5. The van der Waals surface area contributed by atoms with Crippen molar-refractivity contribution in [3.8, 4) is 0 Å². The van der Waals surface area contributed by atoms with Crippen LogP contribution in [0.15, 0.2) is 88.8 Å². The van der Waals surface area contributed by atoms with Gasteiger partial charge in [0.15, 0.2) is 0 Å². The summed E-state index contributed by atoms with van der Waals surface area (Å²) in [5.41, 5.74) is 4.81. The summed E-state index contributed by atoms with van der Waals surface area (Å²) in [5.74, 6) is 0.524. The standard InChI is InChI=1S/C28H29N3O2S/c1-31(2)22-14-12-21(13-15-22)24(18-20-8-6-7-9-20)26-19-25-27(16-17-29-28(25)30-26)34(32,33)23-10-4-3-5-11-23/h3-5,10-20H,6-9H2,1-2H3,(H,29,30). The Hall–Kier alpha value is -3.38. The molecular weight excluding hydrogens is 442 g/mol. The Morgan fingerprint density at radius 2 is 1.71 bits per heavy atom. The molecule has 5 rings (SSSR count). The second-order valence-electron chi connectivity index (χ2n) is 9.14. The van der Waals surface area contributed by atoms with Crippen molar-refractivity contribution >= 4 is 32.1 Å². The molecule has 1 aliphatic rings. The lowest BCUT2D eigenvalue weighted by atomic mass is 9.96. The van der Waals surface area contributed by atoms with E-state index in [2.05, 4.69) is 45.2 Å². The topological polar surface area (TPSA) is 66.1 Å². The molecule has 2 aromatic heterocycles. The van der Waals surface area contributed by atoms with Gasteiger partial charge in [0.05, 0.1) is 9.79 Å². The Morgan fingerprint density at radius 1 is 1.00 bits per heavy atom. The highest BCUT2D eigenvalue weighted by Gasteiger charge is 2.23. The molecule has 0 atom stereocenters. The number of hydrogen-bond donors (Lipinski definition) is 1. The molecule has 1 aliphatic carbocycles. The zero-order chi connectivity index (χ0) is 23.7. The van der Waals surface area contributed by atoms with Crippen LogP contribution in [-0.2, 0) is 9.84 Å². The van der Waals surface area contributed by atoms with Gasteiger partial charge >= 0.3 is 0 Å². The first-order valence-electron chi connectivity index (χ1n) is 11.7. The summed E-state index contributed by atoms with van der Waals surface area (Å²) < 4.78 is 26.8. The molecule has 0 bridgehead atoms. The second kappa shape index (κ2) is 9.11. The molecule has 0 spiro atoms. The van der Waals surface area contributed by atoms with E-state index in [1.807, 2.05) is 26.2 Å². The Morgan fingerprint density at radius 3 is 2.38 bits per heavy atom. The maximum absolute atomic E-state index is 13.4. The lowest BCUT2D eigenvalue weighted by Crippen LogP contribution is -2.08. The van der Waals surface area contributed by atoms with E-state index in [0.717, 1.165) is 22.5 Å². The van der Waals surface area contributed by atoms with Crippen LogP contribution in [0.4, 0.5) is 5.69 Å². The number of nitrogens with one attached hydrogen (secondary N) is 1. The van der Waals surface area contributed by atoms with Crippen molar-refractivity contribution in [3.05, 3.63) is 90.3 Å². The van der Waals surface area contributed by atoms with Crippen LogP contribution in [0.2, 0.25) is 0 Å². The van der Waals surface area contributed by atoms with Crippen molar-refractivity contribution in [1.82, 2.24) is 9.97 Å². The van der Waals surface area contributed by atoms with E-state index in [0.29, 0.717) is 17.0 Å². The molecule has 0 aliphatic heterocycles. The number of aromatic amines is 1. The Balaban J connectivity index is 1.64. The van der Waals surface area contributed by atoms with E-state index < -0.39 is 9.84 Å². The molecule has 1 N–H and O–H groups in total. The van der Waals surface area contributed by atoms with Crippen LogP contribution in [-0.4, -0.2) is 32.5 Å². The molecule has 5 nitrogen and oxygen atoms in total. The highest BCUT2D eigenvalue weighted by molar-refractivity contribution is 7.91. The van der Waals surface area contributed by atoms with Crippen LogP contribution < -0.4 is 4.90 Å². The van der Waals surface area contributed by atoms with Crippen LogP contribution in [0, 0.1) is 5.92 Å². The van der Waals surface area contributed by atoms with Gasteiger partial charge in [-0.25, -0.2) is 13.4 Å². The molecule has 0 saturated heterocycles. The lowest BCUT2D eigenvalue weighted by molar-refractivity contribution is 0.597. The number of benzene rings is 2. The second-order valence-corrected chi connectivity index (χ2v) is 11.1. The first kappa shape index (κ1) is 22.4. The summed E-state index contributed by atoms with van der Waals surface area (Å²) in [7, 11) is 0.395. The molecule has 1 saturated carbocycles. The minimum Gasteiger partial charge on any atom is -0.378 e. The number of sulfone groups is 1. The molecule has 4 aromatic rings. The predicted octanol–water partition coefficient (Wildman–Crippen LogP) is 6.08. The van der Waals surface area contributed by atoms with Crippen molar-refractivity contribution < 1.29 is 8.42 Å². The first-order chi connectivity index (χ1) is 16.4. The zero-order valence-corrected chi connectivity index (χ0v) is 20.3. The Kier molecular flexibility index (Phi) is 6.00. The molecular formula is C28H29N3O2S. The molecule has 0 radical (unpaired) electrons. The van der Waals surface area contributed by atoms with Gasteiger partial charge in [0.1, 0.15) is 5.65 Å². The third-order valence-corrected chi connectivity index (χ3v) is 8.45. The highest BCUT2D eigenvalue weighted by atomic mass is 32.2. The maximum Gasteiger partial charge on any atom is 0.207 e. The fourth-order valence-electron chi connectivity index (χ4n) is 4.75. The van der Waals surface area contributed by atoms with E-state index in [4.69, 9.17) is 0 Å². The van der Waals surface area contributed by atoms with Gasteiger partial charge in [-0.1, -0.05) is 49.2 Å². The monoisotopic (exact) mass is 471 g/mol. The number of hydrogen-bond acceptors (Lipinski definition) is 4. The fraction of sp³-hybridized carbons (Fsp3) is 0.250. The van der Waals surface area contributed by atoms with Gasteiger partial charge in [0.25, 0.3) is 0 Å². The minimum absolute atomic E-state index is 0.273. The third-order valence-electron chi connectivity index (χ3n) is 6.62. The first-order valence-corrected chi connectivity index (χ1v) is 13.2. The van der Waals surface area contributed by atoms with Gasteiger partial charge in [-0.05, 0) is 60.7 Å². The number of anilines is 1. The van der Waals surface area contributed by atoms with E-state index in [1.54, 1.807) is 36.5 Å². The number of pyridine rings is 1. The van der Waals surface area contributed by atoms with E-state index in [-0.39, 0.29) is 9.79 Å². The average molecular weight is 472 g/mol. The average Bonchev–Trinajstić information content (AvgIpc) is 3.52. The van der Waals surface area contributed by atoms with Gasteiger partial charge in [0.2, 0.25) is 9.84 Å². The number of fused-ring (bicyclic) bond motifs is 1. The fourth-order valence-corrected chi connectivity index (χ4v) is 6.20. The molecule has 2 aromatic carbocycles. The molecule has 174 valence electrons. The number of rotatable bonds is 6. The minimum atomic E-state index is -3.67. The molecule has 34 heavy (non-hydrogen) atoms. The summed E-state index contributed by atoms with van der Waals surface area (Å²) in [5, 5.41) is 0.614. The smallest absolute Gasteiger partial charge is 0.207 e. The van der Waals surface area contributed by atoms with Crippen LogP contribution in [0.3, 0.4) is 0 Å². The third kappa shape index (κ3) is 4.26. The highest BCUT2D eigenvalue weighted by Crippen LogP contribution is 2.35. The van der Waals surface area contributed by atoms with Gasteiger partial charge < -0.3 is 9.88 Å². The van der Waals surface area contributed by atoms with Crippen LogP contribution in [0.25, 0.3) is 16.6 Å². The zero-order valence-electron chi connectivity index (χ0n) is 19.5. The van der Waals surface area contributed by atoms with Gasteiger partial charge in [-0.15, -0.1) is 0 Å². The van der Waals surface area contributed by atoms with Crippen molar-refractivity contribution in [2.24, 2.45) is 5.92 Å². The summed E-state index contributed by atoms with van der Waals surface area (Å²) >= 11 is 0. The van der Waals surface area contributed by atoms with Gasteiger partial charge in [0, 0.05) is 42.6 Å². The Bertz CT molecular complexity index is 1430. The van der Waals surface area contributed by atoms with Crippen LogP contribution in [0.1, 0.15) is 36.9 Å². The Labute approximate surface area is 201 Å². The van der Waals surface area contributed by atoms with Gasteiger partial charge in [-0.2, -0.15) is 0 Å².